The summed E-state index contributed by atoms with van der Waals surface area (Å²) in [7, 11) is 5.71. The third-order valence-electron chi connectivity index (χ3n) is 9.41. The molecule has 0 spiro atoms. The minimum Gasteiger partial charge on any atom is -0.349 e. The molecule has 1 aromatic rings. The zero-order chi connectivity index (χ0) is 28.3. The molecule has 0 amide bonds. The second-order valence-corrected chi connectivity index (χ2v) is 16.3. The molecule has 0 radical (unpaired) electrons. The third kappa shape index (κ3) is 2.25. The Hall–Kier alpha value is 1.82. The Balaban J connectivity index is 1.87. The minimum absolute atomic E-state index is 0.0483. The van der Waals surface area contributed by atoms with Gasteiger partial charge in [0.15, 0.2) is 9.75 Å². The van der Waals surface area contributed by atoms with E-state index in [2.05, 4.69) is 31.9 Å². The van der Waals surface area contributed by atoms with Crippen LogP contribution in [0.15, 0.2) is 44.4 Å². The lowest BCUT2D eigenvalue weighted by Gasteiger charge is -2.59. The normalized spacial score (nSPS) is 49.0. The van der Waals surface area contributed by atoms with Crippen LogP contribution < -0.4 is 0 Å². The van der Waals surface area contributed by atoms with Gasteiger partial charge in [0.2, 0.25) is 11.6 Å². The molecule has 0 aliphatic heterocycles. The van der Waals surface area contributed by atoms with Gasteiger partial charge in [-0.15, -0.1) is 46.4 Å². The smallest absolute Gasteiger partial charge is 0.219 e. The van der Waals surface area contributed by atoms with Gasteiger partial charge in [-0.1, -0.05) is 103 Å². The number of alkyl halides is 6. The summed E-state index contributed by atoms with van der Waals surface area (Å²) in [4.78, 5) is -6.80. The van der Waals surface area contributed by atoms with Gasteiger partial charge in [-0.05, 0) is 11.1 Å². The first-order chi connectivity index (χ1) is 17.6. The zero-order valence-electron chi connectivity index (χ0n) is 19.9. The number of fused-ring (bicyclic) bond motifs is 14. The summed E-state index contributed by atoms with van der Waals surface area (Å²) in [5.74, 6) is -5.29. The Kier molecular flexibility index (Phi) is 6.52. The van der Waals surface area contributed by atoms with Gasteiger partial charge >= 0.3 is 0 Å². The molecule has 6 rings (SSSR count). The lowest BCUT2D eigenvalue weighted by atomic mass is 9.57. The first kappa shape index (κ1) is 29.9. The standard InChI is InChI=1S/C24H18Br2Cl8O4/c1-35-23(36-2)19(31)11-12-18(26,22(34)16(30)14(28)20(12,32)24(22,37-3)38-4)10-8-6-5-7-9(10)17(11,25)21(23,33)15(29)13(19)27/h5-8,11-12H,1-4H3/t11-,12-,17-,18-,19-,20-,21-,22-/m1/s1. The van der Waals surface area contributed by atoms with Crippen molar-refractivity contribution in [3.63, 3.8) is 0 Å². The van der Waals surface area contributed by atoms with Crippen molar-refractivity contribution in [3.05, 3.63) is 55.5 Å². The summed E-state index contributed by atoms with van der Waals surface area (Å²) < 4.78 is 21.7. The van der Waals surface area contributed by atoms with Crippen molar-refractivity contribution < 1.29 is 18.9 Å². The van der Waals surface area contributed by atoms with E-state index in [1.54, 1.807) is 0 Å². The van der Waals surface area contributed by atoms with Crippen LogP contribution in [0.1, 0.15) is 11.1 Å². The predicted octanol–water partition coefficient (Wildman–Crippen LogP) is 8.43. The molecule has 4 nitrogen and oxygen atoms in total. The molecule has 38 heavy (non-hydrogen) atoms. The summed E-state index contributed by atoms with van der Waals surface area (Å²) in [5, 5.41) is 0.238. The molecule has 2 fully saturated rings. The number of methoxy groups -OCH3 is 4. The fraction of sp³-hybridized carbons (Fsp3) is 0.583. The lowest BCUT2D eigenvalue weighted by molar-refractivity contribution is -0.225. The highest BCUT2D eigenvalue weighted by Crippen LogP contribution is 2.91. The van der Waals surface area contributed by atoms with E-state index in [4.69, 9.17) is 112 Å². The van der Waals surface area contributed by atoms with Crippen molar-refractivity contribution in [1.82, 2.24) is 0 Å². The molecule has 208 valence electrons. The Morgan fingerprint density at radius 1 is 0.579 bits per heavy atom. The second-order valence-electron chi connectivity index (χ2n) is 9.97. The Morgan fingerprint density at radius 2 is 0.868 bits per heavy atom. The molecule has 0 saturated heterocycles. The second kappa shape index (κ2) is 8.29. The number of rotatable bonds is 4. The van der Waals surface area contributed by atoms with E-state index < -0.39 is 51.6 Å². The molecule has 8 atom stereocenters. The largest absolute Gasteiger partial charge is 0.349 e. The van der Waals surface area contributed by atoms with Gasteiger partial charge in [0.05, 0.1) is 28.8 Å². The van der Waals surface area contributed by atoms with Crippen LogP contribution in [0.25, 0.3) is 0 Å². The van der Waals surface area contributed by atoms with Crippen LogP contribution in [0.2, 0.25) is 0 Å². The minimum atomic E-state index is -1.78. The van der Waals surface area contributed by atoms with Crippen LogP contribution in [0.3, 0.4) is 0 Å². The van der Waals surface area contributed by atoms with Crippen LogP contribution in [0.4, 0.5) is 0 Å². The number of hydrogen-bond donors (Lipinski definition) is 0. The van der Waals surface area contributed by atoms with Crippen molar-refractivity contribution >= 4 is 125 Å². The molecule has 0 unspecified atom stereocenters. The zero-order valence-corrected chi connectivity index (χ0v) is 29.1. The molecular weight excluding hydrogens is 796 g/mol. The van der Waals surface area contributed by atoms with Gasteiger partial charge in [0, 0.05) is 40.3 Å². The van der Waals surface area contributed by atoms with Gasteiger partial charge < -0.3 is 18.9 Å². The fourth-order valence-electron chi connectivity index (χ4n) is 8.22. The van der Waals surface area contributed by atoms with Crippen LogP contribution in [0, 0.1) is 11.8 Å². The van der Waals surface area contributed by atoms with E-state index in [1.807, 2.05) is 24.3 Å². The van der Waals surface area contributed by atoms with Gasteiger partial charge in [-0.3, -0.25) is 0 Å². The van der Waals surface area contributed by atoms with Gasteiger partial charge in [0.1, 0.15) is 9.75 Å². The van der Waals surface area contributed by atoms with Crippen molar-refractivity contribution in [2.24, 2.45) is 11.8 Å². The highest BCUT2D eigenvalue weighted by atomic mass is 79.9. The van der Waals surface area contributed by atoms with E-state index in [0.29, 0.717) is 11.1 Å². The fourth-order valence-corrected chi connectivity index (χ4v) is 16.0. The molecule has 5 aliphatic carbocycles. The van der Waals surface area contributed by atoms with Crippen molar-refractivity contribution in [3.8, 4) is 0 Å². The van der Waals surface area contributed by atoms with E-state index in [9.17, 15) is 0 Å². The quantitative estimate of drug-likeness (QED) is 0.226. The van der Waals surface area contributed by atoms with Crippen molar-refractivity contribution in [1.29, 1.82) is 0 Å². The van der Waals surface area contributed by atoms with Crippen LogP contribution >= 0.6 is 125 Å². The van der Waals surface area contributed by atoms with Crippen molar-refractivity contribution in [2.45, 2.75) is 39.7 Å². The first-order valence-electron chi connectivity index (χ1n) is 11.2. The maximum atomic E-state index is 7.69. The molecule has 5 aliphatic rings. The lowest BCUT2D eigenvalue weighted by Crippen LogP contribution is -2.63. The number of ether oxygens (including phenoxy) is 4. The summed E-state index contributed by atoms with van der Waals surface area (Å²) in [6, 6.07) is 7.50. The molecule has 14 heteroatoms. The maximum Gasteiger partial charge on any atom is 0.219 e. The van der Waals surface area contributed by atoms with E-state index >= 15 is 0 Å². The van der Waals surface area contributed by atoms with E-state index in [1.165, 1.54) is 28.4 Å². The summed E-state index contributed by atoms with van der Waals surface area (Å²) >= 11 is 66.6. The average molecular weight is 814 g/mol. The topological polar surface area (TPSA) is 36.9 Å². The van der Waals surface area contributed by atoms with Gasteiger partial charge in [0.25, 0.3) is 0 Å². The predicted molar refractivity (Wildman–Crippen MR) is 160 cm³/mol. The number of halogens is 10. The van der Waals surface area contributed by atoms with Gasteiger partial charge in [-0.2, -0.15) is 0 Å². The summed E-state index contributed by atoms with van der Waals surface area (Å²) in [5.41, 5.74) is 1.37. The first-order valence-corrected chi connectivity index (χ1v) is 15.8. The molecule has 0 N–H and O–H groups in total. The Labute approximate surface area is 276 Å². The molecular formula is C24H18Br2Cl8O4. The van der Waals surface area contributed by atoms with E-state index in [-0.39, 0.29) is 20.1 Å². The third-order valence-corrected chi connectivity index (χ3v) is 18.2. The molecule has 0 heterocycles. The average Bonchev–Trinajstić information content (AvgIpc) is 3.27. The SMILES string of the molecule is COC1(OC)[C@]2(Cl)C(Cl)=C(Cl)[C@@]1(Cl)[C@@]1(Br)c3ccccc3[C@@]3(Br)[C@@H]([C@H]12)[C@@]1(Cl)C(Cl)=C(Cl)[C@]3(Cl)C1(OC)OC. The molecule has 4 bridgehead atoms. The van der Waals surface area contributed by atoms with Crippen LogP contribution in [-0.4, -0.2) is 59.5 Å². The van der Waals surface area contributed by atoms with E-state index in [0.717, 1.165) is 0 Å². The molecule has 1 aromatic carbocycles. The molecule has 2 saturated carbocycles. The highest BCUT2D eigenvalue weighted by Gasteiger charge is 2.99. The monoisotopic (exact) mass is 808 g/mol. The van der Waals surface area contributed by atoms with Gasteiger partial charge in [-0.25, -0.2) is 0 Å². The summed E-state index contributed by atoms with van der Waals surface area (Å²) in [6.07, 6.45) is 0. The van der Waals surface area contributed by atoms with Crippen LogP contribution in [-0.2, 0) is 27.6 Å². The summed E-state index contributed by atoms with van der Waals surface area (Å²) in [6.45, 7) is 0. The van der Waals surface area contributed by atoms with Crippen LogP contribution in [0.5, 0.6) is 0 Å². The van der Waals surface area contributed by atoms with Crippen molar-refractivity contribution in [2.75, 3.05) is 28.4 Å². The highest BCUT2D eigenvalue weighted by molar-refractivity contribution is 9.10. The molecule has 0 aromatic heterocycles. The Morgan fingerprint density at radius 3 is 1.13 bits per heavy atom. The number of hydrogen-bond acceptors (Lipinski definition) is 4. The Bertz CT molecular complexity index is 1270. The maximum absolute atomic E-state index is 7.69. The number of benzene rings is 1.